The van der Waals surface area contributed by atoms with E-state index < -0.39 is 10.9 Å². The molecule has 0 spiro atoms. The van der Waals surface area contributed by atoms with E-state index in [1.807, 2.05) is 0 Å². The highest BCUT2D eigenvalue weighted by Crippen LogP contribution is 2.20. The number of ether oxygens (including phenoxy) is 1. The molecule has 1 saturated carbocycles. The zero-order valence-electron chi connectivity index (χ0n) is 12.8. The van der Waals surface area contributed by atoms with E-state index in [0.717, 1.165) is 25.7 Å². The fourth-order valence-corrected chi connectivity index (χ4v) is 2.54. The Morgan fingerprint density at radius 2 is 2.00 bits per heavy atom. The van der Waals surface area contributed by atoms with Gasteiger partial charge in [-0.3, -0.25) is 19.7 Å². The molecule has 0 radical (unpaired) electrons. The first-order valence-corrected chi connectivity index (χ1v) is 7.69. The van der Waals surface area contributed by atoms with Crippen LogP contribution in [0.1, 0.15) is 44.1 Å². The van der Waals surface area contributed by atoms with Gasteiger partial charge in [-0.1, -0.05) is 24.6 Å². The van der Waals surface area contributed by atoms with Crippen molar-refractivity contribution in [2.24, 2.45) is 0 Å². The molecule has 1 fully saturated rings. The number of nitro groups is 1. The lowest BCUT2D eigenvalue weighted by atomic mass is 9.98. The van der Waals surface area contributed by atoms with Gasteiger partial charge in [-0.15, -0.1) is 0 Å². The molecule has 0 unspecified atom stereocenters. The number of hydrogen-bond acceptors (Lipinski definition) is 5. The lowest BCUT2D eigenvalue weighted by Gasteiger charge is -2.21. The van der Waals surface area contributed by atoms with Crippen molar-refractivity contribution in [3.05, 3.63) is 46.0 Å². The third-order valence-corrected chi connectivity index (χ3v) is 3.71. The van der Waals surface area contributed by atoms with Gasteiger partial charge in [-0.2, -0.15) is 0 Å². The van der Waals surface area contributed by atoms with E-state index in [1.165, 1.54) is 30.7 Å². The monoisotopic (exact) mass is 317 g/mol. The number of nitro benzene ring substituents is 1. The molecule has 0 N–H and O–H groups in total. The highest BCUT2D eigenvalue weighted by molar-refractivity contribution is 6.04. The fraction of sp³-hybridized carbons (Fsp3) is 0.412. The minimum Gasteiger partial charge on any atom is -0.462 e. The van der Waals surface area contributed by atoms with Crippen LogP contribution in [0.15, 0.2) is 30.3 Å². The Kier molecular flexibility index (Phi) is 6.02. The minimum atomic E-state index is -0.509. The predicted molar refractivity (Wildman–Crippen MR) is 84.7 cm³/mol. The van der Waals surface area contributed by atoms with Gasteiger partial charge in [0.25, 0.3) is 5.69 Å². The number of hydrogen-bond donors (Lipinski definition) is 0. The standard InChI is InChI=1S/C17H19NO5/c19-15(12-17(20)23-16-7-2-1-3-8-16)10-9-13-5-4-6-14(11-13)18(21)22/h4-6,9-11,16H,1-3,7-8,12H2. The van der Waals surface area contributed by atoms with Crippen LogP contribution in [-0.4, -0.2) is 22.8 Å². The van der Waals surface area contributed by atoms with E-state index in [2.05, 4.69) is 0 Å². The van der Waals surface area contributed by atoms with Crippen LogP contribution in [0.25, 0.3) is 6.08 Å². The number of rotatable bonds is 6. The molecular weight excluding hydrogens is 298 g/mol. The van der Waals surface area contributed by atoms with Gasteiger partial charge in [-0.25, -0.2) is 0 Å². The largest absolute Gasteiger partial charge is 0.462 e. The summed E-state index contributed by atoms with van der Waals surface area (Å²) >= 11 is 0. The number of carbonyl (C=O) groups is 2. The van der Waals surface area contributed by atoms with Crippen LogP contribution < -0.4 is 0 Å². The van der Waals surface area contributed by atoms with Gasteiger partial charge in [0, 0.05) is 12.1 Å². The average molecular weight is 317 g/mol. The normalized spacial score (nSPS) is 15.5. The van der Waals surface area contributed by atoms with Crippen LogP contribution in [0.5, 0.6) is 0 Å². The fourth-order valence-electron chi connectivity index (χ4n) is 2.54. The van der Waals surface area contributed by atoms with Crippen molar-refractivity contribution in [3.63, 3.8) is 0 Å². The van der Waals surface area contributed by atoms with Crippen LogP contribution in [0.4, 0.5) is 5.69 Å². The molecule has 122 valence electrons. The second-order valence-corrected chi connectivity index (χ2v) is 5.58. The average Bonchev–Trinajstić information content (AvgIpc) is 2.54. The zero-order valence-corrected chi connectivity index (χ0v) is 12.8. The molecule has 0 aliphatic heterocycles. The summed E-state index contributed by atoms with van der Waals surface area (Å²) in [5.41, 5.74) is 0.490. The summed E-state index contributed by atoms with van der Waals surface area (Å²) in [6.07, 6.45) is 7.35. The number of esters is 1. The topological polar surface area (TPSA) is 86.5 Å². The van der Waals surface area contributed by atoms with Crippen LogP contribution >= 0.6 is 0 Å². The molecule has 0 saturated heterocycles. The first-order valence-electron chi connectivity index (χ1n) is 7.69. The van der Waals surface area contributed by atoms with E-state index in [-0.39, 0.29) is 24.0 Å². The third-order valence-electron chi connectivity index (χ3n) is 3.71. The smallest absolute Gasteiger partial charge is 0.313 e. The van der Waals surface area contributed by atoms with Crippen LogP contribution in [-0.2, 0) is 14.3 Å². The maximum Gasteiger partial charge on any atom is 0.313 e. The molecule has 0 aromatic heterocycles. The van der Waals surface area contributed by atoms with Crippen molar-refractivity contribution < 1.29 is 19.2 Å². The summed E-state index contributed by atoms with van der Waals surface area (Å²) in [4.78, 5) is 33.7. The molecule has 1 aromatic rings. The predicted octanol–water partition coefficient (Wildman–Crippen LogP) is 3.44. The Bertz CT molecular complexity index is 617. The van der Waals surface area contributed by atoms with Crippen molar-refractivity contribution in [1.29, 1.82) is 0 Å². The van der Waals surface area contributed by atoms with Gasteiger partial charge in [0.2, 0.25) is 0 Å². The Morgan fingerprint density at radius 1 is 1.26 bits per heavy atom. The van der Waals surface area contributed by atoms with Gasteiger partial charge in [0.15, 0.2) is 5.78 Å². The quantitative estimate of drug-likeness (QED) is 0.264. The summed E-state index contributed by atoms with van der Waals surface area (Å²) in [7, 11) is 0. The zero-order chi connectivity index (χ0) is 16.7. The summed E-state index contributed by atoms with van der Waals surface area (Å²) in [5.74, 6) is -0.886. The van der Waals surface area contributed by atoms with Gasteiger partial charge in [0.1, 0.15) is 12.5 Å². The lowest BCUT2D eigenvalue weighted by Crippen LogP contribution is -2.22. The number of allylic oxidation sites excluding steroid dienone is 1. The second kappa shape index (κ2) is 8.22. The first-order chi connectivity index (χ1) is 11.0. The summed E-state index contributed by atoms with van der Waals surface area (Å²) in [5, 5.41) is 10.7. The third kappa shape index (κ3) is 5.65. The molecule has 0 amide bonds. The van der Waals surface area contributed by atoms with E-state index in [1.54, 1.807) is 12.1 Å². The van der Waals surface area contributed by atoms with Gasteiger partial charge in [-0.05, 0) is 37.3 Å². The van der Waals surface area contributed by atoms with E-state index >= 15 is 0 Å². The number of benzene rings is 1. The Hall–Kier alpha value is -2.50. The van der Waals surface area contributed by atoms with E-state index in [4.69, 9.17) is 4.74 Å². The highest BCUT2D eigenvalue weighted by Gasteiger charge is 2.18. The molecule has 0 heterocycles. The van der Waals surface area contributed by atoms with Crippen molar-refractivity contribution in [2.45, 2.75) is 44.6 Å². The number of nitrogens with zero attached hydrogens (tertiary/aromatic N) is 1. The summed E-state index contributed by atoms with van der Waals surface area (Å²) < 4.78 is 5.28. The molecule has 6 nitrogen and oxygen atoms in total. The number of non-ortho nitro benzene ring substituents is 1. The maximum atomic E-state index is 11.8. The minimum absolute atomic E-state index is 0.0451. The molecule has 6 heteroatoms. The molecule has 0 atom stereocenters. The Balaban J connectivity index is 1.84. The van der Waals surface area contributed by atoms with Crippen molar-refractivity contribution in [2.75, 3.05) is 0 Å². The van der Waals surface area contributed by atoms with E-state index in [0.29, 0.717) is 5.56 Å². The molecule has 0 bridgehead atoms. The van der Waals surface area contributed by atoms with Gasteiger partial charge >= 0.3 is 5.97 Å². The molecule has 1 aliphatic carbocycles. The van der Waals surface area contributed by atoms with Gasteiger partial charge in [0.05, 0.1) is 4.92 Å². The molecule has 2 rings (SSSR count). The first kappa shape index (κ1) is 16.9. The summed E-state index contributed by atoms with van der Waals surface area (Å²) in [6.45, 7) is 0. The Morgan fingerprint density at radius 3 is 2.70 bits per heavy atom. The molecule has 1 aliphatic rings. The Labute approximate surface area is 134 Å². The maximum absolute atomic E-state index is 11.8. The van der Waals surface area contributed by atoms with Crippen LogP contribution in [0.2, 0.25) is 0 Å². The molecule has 23 heavy (non-hydrogen) atoms. The molecular formula is C17H19NO5. The summed E-state index contributed by atoms with van der Waals surface area (Å²) in [6, 6.07) is 5.93. The van der Waals surface area contributed by atoms with Gasteiger partial charge < -0.3 is 4.74 Å². The number of ketones is 1. The highest BCUT2D eigenvalue weighted by atomic mass is 16.6. The second-order valence-electron chi connectivity index (χ2n) is 5.58. The SMILES string of the molecule is O=C(C=Cc1cccc([N+](=O)[O-])c1)CC(=O)OC1CCCCC1. The molecule has 1 aromatic carbocycles. The van der Waals surface area contributed by atoms with Crippen molar-refractivity contribution in [1.82, 2.24) is 0 Å². The number of carbonyl (C=O) groups excluding carboxylic acids is 2. The lowest BCUT2D eigenvalue weighted by molar-refractivity contribution is -0.384. The van der Waals surface area contributed by atoms with Crippen molar-refractivity contribution in [3.8, 4) is 0 Å². The van der Waals surface area contributed by atoms with Crippen LogP contribution in [0.3, 0.4) is 0 Å². The van der Waals surface area contributed by atoms with Crippen LogP contribution in [0, 0.1) is 10.1 Å². The van der Waals surface area contributed by atoms with E-state index in [9.17, 15) is 19.7 Å². The van der Waals surface area contributed by atoms with Crippen molar-refractivity contribution >= 4 is 23.5 Å².